The number of carboxylic acid groups (broad SMARTS) is 1. The highest BCUT2D eigenvalue weighted by atomic mass is 16.4. The molecule has 0 aliphatic carbocycles. The number of benzene rings is 1. The standard InChI is InChI=1S/C16H24N2O3/c1-5-16(6-2,9-17)15(21)18-12-7-10(3)11(4)13(8-12)14(19)20/h7-8H,5-6,9,17H2,1-4H3,(H,18,21)(H,19,20). The maximum atomic E-state index is 12.5. The number of aryl methyl sites for hydroxylation is 1. The molecule has 0 bridgehead atoms. The molecule has 1 aromatic carbocycles. The Morgan fingerprint density at radius 1 is 1.24 bits per heavy atom. The molecule has 0 aliphatic heterocycles. The molecule has 0 aliphatic rings. The Morgan fingerprint density at radius 2 is 1.81 bits per heavy atom. The van der Waals surface area contributed by atoms with Crippen LogP contribution in [0, 0.1) is 19.3 Å². The number of carbonyl (C=O) groups is 2. The van der Waals surface area contributed by atoms with Crippen LogP contribution in [0.25, 0.3) is 0 Å². The molecule has 0 atom stereocenters. The van der Waals surface area contributed by atoms with Crippen LogP contribution in [0.4, 0.5) is 5.69 Å². The van der Waals surface area contributed by atoms with Gasteiger partial charge in [0.25, 0.3) is 0 Å². The number of rotatable bonds is 6. The summed E-state index contributed by atoms with van der Waals surface area (Å²) in [6.07, 6.45) is 1.28. The first-order valence-corrected chi connectivity index (χ1v) is 7.17. The SMILES string of the molecule is CCC(CC)(CN)C(=O)Nc1cc(C)c(C)c(C(=O)O)c1. The lowest BCUT2D eigenvalue weighted by Gasteiger charge is -2.28. The summed E-state index contributed by atoms with van der Waals surface area (Å²) in [5.41, 5.74) is 7.39. The second-order valence-corrected chi connectivity index (χ2v) is 5.42. The molecule has 0 saturated heterocycles. The second-order valence-electron chi connectivity index (χ2n) is 5.42. The summed E-state index contributed by atoms with van der Waals surface area (Å²) in [7, 11) is 0. The summed E-state index contributed by atoms with van der Waals surface area (Å²) in [6, 6.07) is 3.28. The van der Waals surface area contributed by atoms with Gasteiger partial charge in [0.05, 0.1) is 11.0 Å². The van der Waals surface area contributed by atoms with Crippen LogP contribution in [-0.2, 0) is 4.79 Å². The van der Waals surface area contributed by atoms with E-state index in [1.807, 2.05) is 20.8 Å². The Bertz CT molecular complexity index is 540. The van der Waals surface area contributed by atoms with Crippen LogP contribution in [0.15, 0.2) is 12.1 Å². The lowest BCUT2D eigenvalue weighted by atomic mass is 9.81. The van der Waals surface area contributed by atoms with Crippen molar-refractivity contribution in [2.75, 3.05) is 11.9 Å². The average molecular weight is 292 g/mol. The minimum absolute atomic E-state index is 0.158. The van der Waals surface area contributed by atoms with Crippen molar-refractivity contribution in [1.82, 2.24) is 0 Å². The second kappa shape index (κ2) is 6.72. The van der Waals surface area contributed by atoms with Gasteiger partial charge in [-0.3, -0.25) is 4.79 Å². The fourth-order valence-electron chi connectivity index (χ4n) is 2.37. The van der Waals surface area contributed by atoms with E-state index >= 15 is 0 Å². The molecule has 5 heteroatoms. The lowest BCUT2D eigenvalue weighted by molar-refractivity contribution is -0.125. The molecule has 116 valence electrons. The largest absolute Gasteiger partial charge is 0.478 e. The first-order chi connectivity index (χ1) is 9.81. The molecule has 0 heterocycles. The monoisotopic (exact) mass is 292 g/mol. The molecule has 0 spiro atoms. The summed E-state index contributed by atoms with van der Waals surface area (Å²) >= 11 is 0. The molecule has 0 unspecified atom stereocenters. The molecule has 1 aromatic rings. The van der Waals surface area contributed by atoms with Crippen LogP contribution in [0.1, 0.15) is 48.2 Å². The molecule has 4 N–H and O–H groups in total. The molecule has 0 saturated carbocycles. The fraction of sp³-hybridized carbons (Fsp3) is 0.500. The Kier molecular flexibility index (Phi) is 5.49. The minimum atomic E-state index is -0.997. The van der Waals surface area contributed by atoms with Gasteiger partial charge >= 0.3 is 5.97 Å². The normalized spacial score (nSPS) is 11.3. The van der Waals surface area contributed by atoms with E-state index in [1.54, 1.807) is 13.0 Å². The van der Waals surface area contributed by atoms with Crippen molar-refractivity contribution in [2.45, 2.75) is 40.5 Å². The van der Waals surface area contributed by atoms with Crippen molar-refractivity contribution in [2.24, 2.45) is 11.1 Å². The molecule has 1 amide bonds. The highest BCUT2D eigenvalue weighted by Gasteiger charge is 2.33. The summed E-state index contributed by atoms with van der Waals surface area (Å²) in [4.78, 5) is 23.7. The lowest BCUT2D eigenvalue weighted by Crippen LogP contribution is -2.41. The number of carbonyl (C=O) groups excluding carboxylic acids is 1. The summed E-state index contributed by atoms with van der Waals surface area (Å²) in [5.74, 6) is -1.16. The van der Waals surface area contributed by atoms with E-state index < -0.39 is 11.4 Å². The van der Waals surface area contributed by atoms with Gasteiger partial charge in [0, 0.05) is 12.2 Å². The van der Waals surface area contributed by atoms with Gasteiger partial charge in [-0.25, -0.2) is 4.79 Å². The first-order valence-electron chi connectivity index (χ1n) is 7.17. The van der Waals surface area contributed by atoms with E-state index in [0.717, 1.165) is 5.56 Å². The Hall–Kier alpha value is -1.88. The van der Waals surface area contributed by atoms with E-state index in [4.69, 9.17) is 5.73 Å². The summed E-state index contributed by atoms with van der Waals surface area (Å²) < 4.78 is 0. The zero-order chi connectivity index (χ0) is 16.2. The van der Waals surface area contributed by atoms with Crippen LogP contribution in [-0.4, -0.2) is 23.5 Å². The number of carboxylic acids is 1. The Balaban J connectivity index is 3.14. The Labute approximate surface area is 125 Å². The van der Waals surface area contributed by atoms with E-state index in [9.17, 15) is 14.7 Å². The van der Waals surface area contributed by atoms with E-state index in [-0.39, 0.29) is 18.0 Å². The molecule has 21 heavy (non-hydrogen) atoms. The molecular formula is C16H24N2O3. The number of nitrogens with two attached hydrogens (primary N) is 1. The number of aromatic carboxylic acids is 1. The molecule has 0 radical (unpaired) electrons. The van der Waals surface area contributed by atoms with Crippen molar-refractivity contribution in [3.63, 3.8) is 0 Å². The fourth-order valence-corrected chi connectivity index (χ4v) is 2.37. The van der Waals surface area contributed by atoms with Crippen LogP contribution in [0.5, 0.6) is 0 Å². The van der Waals surface area contributed by atoms with Crippen molar-refractivity contribution < 1.29 is 14.7 Å². The maximum Gasteiger partial charge on any atom is 0.336 e. The van der Waals surface area contributed by atoms with Gasteiger partial charge in [0.1, 0.15) is 0 Å². The quantitative estimate of drug-likeness (QED) is 0.751. The van der Waals surface area contributed by atoms with Gasteiger partial charge in [-0.1, -0.05) is 13.8 Å². The third-order valence-electron chi connectivity index (χ3n) is 4.38. The topological polar surface area (TPSA) is 92.4 Å². The predicted molar refractivity (Wildman–Crippen MR) is 83.6 cm³/mol. The van der Waals surface area contributed by atoms with Crippen LogP contribution in [0.3, 0.4) is 0 Å². The molecular weight excluding hydrogens is 268 g/mol. The molecule has 1 rings (SSSR count). The first kappa shape index (κ1) is 17.2. The predicted octanol–water partition coefficient (Wildman–Crippen LogP) is 2.71. The number of nitrogens with one attached hydrogen (secondary N) is 1. The number of amides is 1. The average Bonchev–Trinajstić information content (AvgIpc) is 2.44. The number of hydrogen-bond donors (Lipinski definition) is 3. The zero-order valence-electron chi connectivity index (χ0n) is 13.1. The van der Waals surface area contributed by atoms with Gasteiger partial charge in [-0.2, -0.15) is 0 Å². The molecule has 5 nitrogen and oxygen atoms in total. The number of anilines is 1. The minimum Gasteiger partial charge on any atom is -0.478 e. The van der Waals surface area contributed by atoms with Crippen LogP contribution < -0.4 is 11.1 Å². The van der Waals surface area contributed by atoms with Gasteiger partial charge in [-0.15, -0.1) is 0 Å². The van der Waals surface area contributed by atoms with Crippen molar-refractivity contribution in [3.8, 4) is 0 Å². The van der Waals surface area contributed by atoms with E-state index in [2.05, 4.69) is 5.32 Å². The van der Waals surface area contributed by atoms with E-state index in [1.165, 1.54) is 6.07 Å². The Morgan fingerprint density at radius 3 is 2.24 bits per heavy atom. The van der Waals surface area contributed by atoms with Gasteiger partial charge in [-0.05, 0) is 49.9 Å². The zero-order valence-corrected chi connectivity index (χ0v) is 13.1. The molecule has 0 fully saturated rings. The smallest absolute Gasteiger partial charge is 0.336 e. The van der Waals surface area contributed by atoms with Gasteiger partial charge in [0.2, 0.25) is 5.91 Å². The highest BCUT2D eigenvalue weighted by Crippen LogP contribution is 2.28. The van der Waals surface area contributed by atoms with Crippen molar-refractivity contribution in [3.05, 3.63) is 28.8 Å². The van der Waals surface area contributed by atoms with Gasteiger partial charge < -0.3 is 16.2 Å². The van der Waals surface area contributed by atoms with E-state index in [0.29, 0.717) is 24.1 Å². The maximum absolute atomic E-state index is 12.5. The van der Waals surface area contributed by atoms with Crippen molar-refractivity contribution in [1.29, 1.82) is 0 Å². The van der Waals surface area contributed by atoms with Crippen LogP contribution >= 0.6 is 0 Å². The third kappa shape index (κ3) is 3.42. The molecule has 0 aromatic heterocycles. The number of hydrogen-bond acceptors (Lipinski definition) is 3. The van der Waals surface area contributed by atoms with Gasteiger partial charge in [0.15, 0.2) is 0 Å². The third-order valence-corrected chi connectivity index (χ3v) is 4.38. The summed E-state index contributed by atoms with van der Waals surface area (Å²) in [5, 5.41) is 12.0. The summed E-state index contributed by atoms with van der Waals surface area (Å²) in [6.45, 7) is 7.71. The highest BCUT2D eigenvalue weighted by molar-refractivity contribution is 5.97. The van der Waals surface area contributed by atoms with Crippen LogP contribution in [0.2, 0.25) is 0 Å². The van der Waals surface area contributed by atoms with Crippen molar-refractivity contribution >= 4 is 17.6 Å².